The monoisotopic (exact) mass is 320 g/mol. The van der Waals surface area contributed by atoms with Crippen LogP contribution in [0.1, 0.15) is 58.8 Å². The van der Waals surface area contributed by atoms with E-state index in [4.69, 9.17) is 0 Å². The van der Waals surface area contributed by atoms with Crippen LogP contribution in [0.5, 0.6) is 0 Å². The Balaban J connectivity index is 1.78. The zero-order valence-corrected chi connectivity index (χ0v) is 14.6. The molecule has 7 atom stereocenters. The van der Waals surface area contributed by atoms with E-state index in [-0.39, 0.29) is 35.6 Å². The van der Waals surface area contributed by atoms with Crippen molar-refractivity contribution < 1.29 is 15.3 Å². The molecule has 0 aliphatic heterocycles. The fraction of sp³-hybridized carbons (Fsp3) is 0.900. The quantitative estimate of drug-likeness (QED) is 0.686. The lowest BCUT2D eigenvalue weighted by Crippen LogP contribution is -2.61. The maximum atomic E-state index is 11.2. The predicted molar refractivity (Wildman–Crippen MR) is 89.7 cm³/mol. The van der Waals surface area contributed by atoms with Crippen molar-refractivity contribution in [1.82, 2.24) is 0 Å². The molecule has 3 N–H and O–H groups in total. The highest BCUT2D eigenvalue weighted by molar-refractivity contribution is 5.30. The largest absolute Gasteiger partial charge is 0.396 e. The molecule has 4 aliphatic rings. The number of hydrogen-bond donors (Lipinski definition) is 3. The molecule has 3 fully saturated rings. The van der Waals surface area contributed by atoms with Gasteiger partial charge in [-0.3, -0.25) is 0 Å². The molecule has 0 amide bonds. The van der Waals surface area contributed by atoms with Crippen LogP contribution in [-0.2, 0) is 0 Å². The topological polar surface area (TPSA) is 60.7 Å². The minimum atomic E-state index is -0.318. The Hall–Kier alpha value is -0.380. The van der Waals surface area contributed by atoms with E-state index in [1.807, 2.05) is 0 Å². The van der Waals surface area contributed by atoms with Crippen molar-refractivity contribution in [2.75, 3.05) is 13.2 Å². The summed E-state index contributed by atoms with van der Waals surface area (Å²) in [6.45, 7) is 5.06. The van der Waals surface area contributed by atoms with E-state index < -0.39 is 0 Å². The van der Waals surface area contributed by atoms with Crippen molar-refractivity contribution >= 4 is 0 Å². The number of aliphatic hydroxyl groups excluding tert-OH is 3. The van der Waals surface area contributed by atoms with Gasteiger partial charge in [0.15, 0.2) is 0 Å². The van der Waals surface area contributed by atoms with Gasteiger partial charge >= 0.3 is 0 Å². The van der Waals surface area contributed by atoms with Crippen LogP contribution in [0.4, 0.5) is 0 Å². The summed E-state index contributed by atoms with van der Waals surface area (Å²) in [4.78, 5) is 0. The van der Waals surface area contributed by atoms with E-state index in [9.17, 15) is 15.3 Å². The highest BCUT2D eigenvalue weighted by Crippen LogP contribution is 2.70. The van der Waals surface area contributed by atoms with Crippen LogP contribution in [0.25, 0.3) is 0 Å². The Bertz CT molecular complexity index is 529. The smallest absolute Gasteiger partial charge is 0.0644 e. The summed E-state index contributed by atoms with van der Waals surface area (Å²) >= 11 is 0. The lowest BCUT2D eigenvalue weighted by Gasteiger charge is -2.65. The van der Waals surface area contributed by atoms with E-state index in [0.717, 1.165) is 32.1 Å². The van der Waals surface area contributed by atoms with E-state index in [1.54, 1.807) is 0 Å². The summed E-state index contributed by atoms with van der Waals surface area (Å²) in [6.07, 6.45) is 9.62. The normalized spacial score (nSPS) is 55.1. The van der Waals surface area contributed by atoms with Gasteiger partial charge in [0.2, 0.25) is 0 Å². The molecule has 3 heteroatoms. The second kappa shape index (κ2) is 5.06. The minimum Gasteiger partial charge on any atom is -0.396 e. The maximum absolute atomic E-state index is 11.2. The van der Waals surface area contributed by atoms with Gasteiger partial charge in [-0.2, -0.15) is 0 Å². The molecule has 0 aromatic heterocycles. The molecule has 4 aliphatic carbocycles. The number of fused-ring (bicyclic) bond motifs is 3. The average Bonchev–Trinajstić information content (AvgIpc) is 2.82. The molecule has 3 nitrogen and oxygen atoms in total. The molecule has 2 bridgehead atoms. The third-order valence-corrected chi connectivity index (χ3v) is 8.55. The van der Waals surface area contributed by atoms with Crippen LogP contribution in [0, 0.1) is 34.0 Å². The first-order valence-electron chi connectivity index (χ1n) is 9.51. The molecule has 130 valence electrons. The fourth-order valence-corrected chi connectivity index (χ4v) is 7.45. The van der Waals surface area contributed by atoms with Crippen LogP contribution in [-0.4, -0.2) is 34.6 Å². The van der Waals surface area contributed by atoms with Crippen LogP contribution < -0.4 is 0 Å². The van der Waals surface area contributed by atoms with Crippen LogP contribution in [0.3, 0.4) is 0 Å². The standard InChI is InChI=1S/C20H32O3/c1-18(12-22)6-3-7-19(2)15-5-4-13-9-20(15,10-14(13)11-21)17(23)8-16(18)19/h10,13,15-17,21-23H,3-9,11-12H2,1-2H3/t13?,15-,16+,17-,18+,19-,20-/m0/s1. The van der Waals surface area contributed by atoms with E-state index in [0.29, 0.717) is 17.8 Å². The molecule has 0 heterocycles. The molecule has 1 spiro atoms. The number of hydrogen-bond acceptors (Lipinski definition) is 3. The van der Waals surface area contributed by atoms with Crippen molar-refractivity contribution in [2.45, 2.75) is 64.9 Å². The fourth-order valence-electron chi connectivity index (χ4n) is 7.45. The summed E-state index contributed by atoms with van der Waals surface area (Å²) in [5, 5.41) is 31.0. The summed E-state index contributed by atoms with van der Waals surface area (Å²) in [7, 11) is 0. The van der Waals surface area contributed by atoms with Crippen LogP contribution >= 0.6 is 0 Å². The van der Waals surface area contributed by atoms with Gasteiger partial charge in [-0.25, -0.2) is 0 Å². The van der Waals surface area contributed by atoms with Crippen LogP contribution in [0.15, 0.2) is 11.6 Å². The molecular formula is C20H32O3. The minimum absolute atomic E-state index is 0.0471. The first-order chi connectivity index (χ1) is 10.9. The molecule has 0 aromatic carbocycles. The third-order valence-electron chi connectivity index (χ3n) is 8.55. The van der Waals surface area contributed by atoms with Gasteiger partial charge in [0.05, 0.1) is 12.7 Å². The molecule has 4 rings (SSSR count). The first kappa shape index (κ1) is 16.1. The molecule has 1 unspecified atom stereocenters. The number of rotatable bonds is 2. The SMILES string of the molecule is C[C@]1(CO)CCC[C@]2(C)[C@@H]1C[C@H](O)[C@@]13C=C(CO)C(CC[C@@H]21)C3. The zero-order chi connectivity index (χ0) is 16.5. The highest BCUT2D eigenvalue weighted by Gasteiger charge is 2.65. The molecule has 3 saturated carbocycles. The third kappa shape index (κ3) is 1.93. The Kier molecular flexibility index (Phi) is 3.54. The van der Waals surface area contributed by atoms with Gasteiger partial charge in [0.1, 0.15) is 0 Å². The zero-order valence-electron chi connectivity index (χ0n) is 14.6. The molecule has 0 aromatic rings. The molecule has 0 saturated heterocycles. The second-order valence-electron chi connectivity index (χ2n) is 9.50. The second-order valence-corrected chi connectivity index (χ2v) is 9.50. The summed E-state index contributed by atoms with van der Waals surface area (Å²) in [6, 6.07) is 0. The predicted octanol–water partition coefficient (Wildman–Crippen LogP) is 2.89. The van der Waals surface area contributed by atoms with Crippen LogP contribution in [0.2, 0.25) is 0 Å². The van der Waals surface area contributed by atoms with Crippen molar-refractivity contribution in [3.63, 3.8) is 0 Å². The molecule has 0 radical (unpaired) electrons. The van der Waals surface area contributed by atoms with Gasteiger partial charge in [0, 0.05) is 12.0 Å². The highest BCUT2D eigenvalue weighted by atomic mass is 16.3. The Morgan fingerprint density at radius 3 is 2.61 bits per heavy atom. The van der Waals surface area contributed by atoms with Crippen molar-refractivity contribution in [1.29, 1.82) is 0 Å². The van der Waals surface area contributed by atoms with E-state index in [2.05, 4.69) is 19.9 Å². The first-order valence-corrected chi connectivity index (χ1v) is 9.51. The van der Waals surface area contributed by atoms with Crippen molar-refractivity contribution in [3.05, 3.63) is 11.6 Å². The van der Waals surface area contributed by atoms with Gasteiger partial charge in [0.25, 0.3) is 0 Å². The van der Waals surface area contributed by atoms with Gasteiger partial charge in [-0.1, -0.05) is 26.3 Å². The number of aliphatic hydroxyl groups is 3. The lowest BCUT2D eigenvalue weighted by atomic mass is 9.40. The average molecular weight is 320 g/mol. The summed E-state index contributed by atoms with van der Waals surface area (Å²) < 4.78 is 0. The Morgan fingerprint density at radius 2 is 1.91 bits per heavy atom. The molecular weight excluding hydrogens is 288 g/mol. The lowest BCUT2D eigenvalue weighted by molar-refractivity contribution is -0.193. The van der Waals surface area contributed by atoms with E-state index >= 15 is 0 Å². The van der Waals surface area contributed by atoms with Gasteiger partial charge < -0.3 is 15.3 Å². The maximum Gasteiger partial charge on any atom is 0.0644 e. The van der Waals surface area contributed by atoms with Gasteiger partial charge in [-0.15, -0.1) is 0 Å². The summed E-state index contributed by atoms with van der Waals surface area (Å²) in [5.74, 6) is 1.39. The summed E-state index contributed by atoms with van der Waals surface area (Å²) in [5.41, 5.74) is 1.23. The van der Waals surface area contributed by atoms with Gasteiger partial charge in [-0.05, 0) is 72.7 Å². The Morgan fingerprint density at radius 1 is 1.13 bits per heavy atom. The van der Waals surface area contributed by atoms with Crippen molar-refractivity contribution in [3.8, 4) is 0 Å². The Labute approximate surface area is 139 Å². The molecule has 23 heavy (non-hydrogen) atoms. The van der Waals surface area contributed by atoms with Crippen molar-refractivity contribution in [2.24, 2.45) is 34.0 Å². The van der Waals surface area contributed by atoms with E-state index in [1.165, 1.54) is 18.4 Å².